The summed E-state index contributed by atoms with van der Waals surface area (Å²) in [5, 5.41) is 16.0. The molecule has 1 heterocycles. The van der Waals surface area contributed by atoms with E-state index in [9.17, 15) is 4.79 Å². The molecule has 82 valence electrons. The summed E-state index contributed by atoms with van der Waals surface area (Å²) in [7, 11) is 0. The number of carboxylic acid groups (broad SMARTS) is 1. The Labute approximate surface area is 87.9 Å². The number of aromatic nitrogens is 3. The predicted molar refractivity (Wildman–Crippen MR) is 53.5 cm³/mol. The van der Waals surface area contributed by atoms with Crippen LogP contribution >= 0.6 is 0 Å². The molecular weight excluding hydrogens is 194 g/mol. The fraction of sp³-hybridized carbons (Fsp3) is 0.700. The number of hydrogen-bond acceptors (Lipinski definition) is 3. The minimum atomic E-state index is -0.720. The molecule has 5 heteroatoms. The maximum absolute atomic E-state index is 11.1. The Morgan fingerprint density at radius 3 is 2.80 bits per heavy atom. The van der Waals surface area contributed by atoms with E-state index in [4.69, 9.17) is 5.11 Å². The second kappa shape index (κ2) is 4.00. The summed E-state index contributed by atoms with van der Waals surface area (Å²) in [6.45, 7) is 1.83. The lowest BCUT2D eigenvalue weighted by atomic mass is 9.79. The summed E-state index contributed by atoms with van der Waals surface area (Å²) in [4.78, 5) is 15.3. The standard InChI is InChI=1S/C10H15N3O2/c1-6-11-9(13-12-6)7-4-2-3-5-8(7)10(14)15/h7-8H,2-5H2,1H3,(H,14,15)(H,11,12,13). The molecule has 2 unspecified atom stereocenters. The molecule has 15 heavy (non-hydrogen) atoms. The number of carboxylic acids is 1. The van der Waals surface area contributed by atoms with Gasteiger partial charge in [-0.2, -0.15) is 5.10 Å². The van der Waals surface area contributed by atoms with Crippen molar-refractivity contribution in [3.63, 3.8) is 0 Å². The van der Waals surface area contributed by atoms with Gasteiger partial charge in [-0.15, -0.1) is 0 Å². The third-order valence-electron chi connectivity index (χ3n) is 3.03. The first-order valence-electron chi connectivity index (χ1n) is 5.30. The summed E-state index contributed by atoms with van der Waals surface area (Å²) < 4.78 is 0. The number of carbonyl (C=O) groups is 1. The number of aryl methyl sites for hydroxylation is 1. The van der Waals surface area contributed by atoms with Crippen LogP contribution in [0.1, 0.15) is 43.3 Å². The van der Waals surface area contributed by atoms with Crippen LogP contribution in [0.4, 0.5) is 0 Å². The number of aliphatic carboxylic acids is 1. The molecule has 0 amide bonds. The number of nitrogens with zero attached hydrogens (tertiary/aromatic N) is 2. The average Bonchev–Trinajstić information content (AvgIpc) is 2.65. The maximum atomic E-state index is 11.1. The normalized spacial score (nSPS) is 26.5. The van der Waals surface area contributed by atoms with E-state index in [0.717, 1.165) is 31.5 Å². The number of aromatic amines is 1. The molecule has 2 atom stereocenters. The van der Waals surface area contributed by atoms with E-state index in [1.165, 1.54) is 0 Å². The topological polar surface area (TPSA) is 78.9 Å². The highest BCUT2D eigenvalue weighted by Gasteiger charge is 2.34. The van der Waals surface area contributed by atoms with E-state index in [1.54, 1.807) is 0 Å². The minimum Gasteiger partial charge on any atom is -0.481 e. The van der Waals surface area contributed by atoms with Crippen LogP contribution in [0.5, 0.6) is 0 Å². The Morgan fingerprint density at radius 2 is 2.20 bits per heavy atom. The fourth-order valence-corrected chi connectivity index (χ4v) is 2.26. The van der Waals surface area contributed by atoms with Crippen molar-refractivity contribution in [1.29, 1.82) is 0 Å². The van der Waals surface area contributed by atoms with Gasteiger partial charge >= 0.3 is 5.97 Å². The Morgan fingerprint density at radius 1 is 1.47 bits per heavy atom. The molecular formula is C10H15N3O2. The smallest absolute Gasteiger partial charge is 0.307 e. The van der Waals surface area contributed by atoms with Gasteiger partial charge in [0.2, 0.25) is 0 Å². The van der Waals surface area contributed by atoms with Crippen LogP contribution in [0, 0.1) is 12.8 Å². The fourth-order valence-electron chi connectivity index (χ4n) is 2.26. The van der Waals surface area contributed by atoms with E-state index in [-0.39, 0.29) is 11.8 Å². The second-order valence-corrected chi connectivity index (χ2v) is 4.11. The van der Waals surface area contributed by atoms with E-state index in [1.807, 2.05) is 6.92 Å². The van der Waals surface area contributed by atoms with Gasteiger partial charge in [0.1, 0.15) is 5.82 Å². The van der Waals surface area contributed by atoms with Crippen LogP contribution in [-0.4, -0.2) is 26.3 Å². The van der Waals surface area contributed by atoms with Crippen LogP contribution in [-0.2, 0) is 4.79 Å². The zero-order valence-electron chi connectivity index (χ0n) is 8.73. The number of H-pyrrole nitrogens is 1. The quantitative estimate of drug-likeness (QED) is 0.773. The van der Waals surface area contributed by atoms with E-state index in [2.05, 4.69) is 15.2 Å². The van der Waals surface area contributed by atoms with Crippen molar-refractivity contribution in [2.24, 2.45) is 5.92 Å². The molecule has 0 aliphatic heterocycles. The molecule has 1 fully saturated rings. The largest absolute Gasteiger partial charge is 0.481 e. The summed E-state index contributed by atoms with van der Waals surface area (Å²) >= 11 is 0. The predicted octanol–water partition coefficient (Wildman–Crippen LogP) is 1.47. The molecule has 5 nitrogen and oxygen atoms in total. The monoisotopic (exact) mass is 209 g/mol. The van der Waals surface area contributed by atoms with Crippen molar-refractivity contribution in [3.05, 3.63) is 11.6 Å². The van der Waals surface area contributed by atoms with Crippen molar-refractivity contribution in [2.45, 2.75) is 38.5 Å². The number of hydrogen-bond donors (Lipinski definition) is 2. The SMILES string of the molecule is Cc1nc(C2CCCCC2C(=O)O)n[nH]1. The highest BCUT2D eigenvalue weighted by molar-refractivity contribution is 5.71. The van der Waals surface area contributed by atoms with Crippen LogP contribution in [0.2, 0.25) is 0 Å². The first kappa shape index (κ1) is 10.1. The Kier molecular flexibility index (Phi) is 2.70. The molecule has 0 spiro atoms. The molecule has 0 saturated heterocycles. The van der Waals surface area contributed by atoms with Crippen molar-refractivity contribution < 1.29 is 9.90 Å². The van der Waals surface area contributed by atoms with Crippen LogP contribution in [0.25, 0.3) is 0 Å². The zero-order valence-corrected chi connectivity index (χ0v) is 8.73. The summed E-state index contributed by atoms with van der Waals surface area (Å²) in [6.07, 6.45) is 3.70. The summed E-state index contributed by atoms with van der Waals surface area (Å²) in [5.74, 6) is 0.372. The van der Waals surface area contributed by atoms with Crippen molar-refractivity contribution in [3.8, 4) is 0 Å². The van der Waals surface area contributed by atoms with Gasteiger partial charge in [-0.05, 0) is 19.8 Å². The van der Waals surface area contributed by atoms with Crippen LogP contribution in [0.15, 0.2) is 0 Å². The van der Waals surface area contributed by atoms with Crippen molar-refractivity contribution in [1.82, 2.24) is 15.2 Å². The Balaban J connectivity index is 2.21. The lowest BCUT2D eigenvalue weighted by Crippen LogP contribution is -2.26. The molecule has 2 rings (SSSR count). The highest BCUT2D eigenvalue weighted by Crippen LogP contribution is 2.36. The molecule has 1 saturated carbocycles. The van der Waals surface area contributed by atoms with E-state index >= 15 is 0 Å². The van der Waals surface area contributed by atoms with Gasteiger partial charge in [0.25, 0.3) is 0 Å². The van der Waals surface area contributed by atoms with Gasteiger partial charge in [0, 0.05) is 5.92 Å². The second-order valence-electron chi connectivity index (χ2n) is 4.11. The zero-order chi connectivity index (χ0) is 10.8. The lowest BCUT2D eigenvalue weighted by molar-refractivity contribution is -0.143. The molecule has 1 aromatic heterocycles. The van der Waals surface area contributed by atoms with E-state index < -0.39 is 5.97 Å². The lowest BCUT2D eigenvalue weighted by Gasteiger charge is -2.25. The number of rotatable bonds is 2. The number of nitrogens with one attached hydrogen (secondary N) is 1. The molecule has 0 radical (unpaired) electrons. The molecule has 0 bridgehead atoms. The van der Waals surface area contributed by atoms with Crippen LogP contribution in [0.3, 0.4) is 0 Å². The highest BCUT2D eigenvalue weighted by atomic mass is 16.4. The summed E-state index contributed by atoms with van der Waals surface area (Å²) in [6, 6.07) is 0. The van der Waals surface area contributed by atoms with Gasteiger partial charge in [0.05, 0.1) is 5.92 Å². The molecule has 1 aliphatic rings. The van der Waals surface area contributed by atoms with Crippen molar-refractivity contribution in [2.75, 3.05) is 0 Å². The van der Waals surface area contributed by atoms with E-state index in [0.29, 0.717) is 5.82 Å². The van der Waals surface area contributed by atoms with Crippen LogP contribution < -0.4 is 0 Å². The van der Waals surface area contributed by atoms with Gasteiger partial charge in [-0.1, -0.05) is 12.8 Å². The third kappa shape index (κ3) is 2.00. The minimum absolute atomic E-state index is 0.0128. The van der Waals surface area contributed by atoms with Gasteiger partial charge < -0.3 is 5.11 Å². The first-order chi connectivity index (χ1) is 7.18. The molecule has 1 aliphatic carbocycles. The maximum Gasteiger partial charge on any atom is 0.307 e. The molecule has 1 aromatic rings. The first-order valence-corrected chi connectivity index (χ1v) is 5.30. The van der Waals surface area contributed by atoms with Gasteiger partial charge in [-0.25, -0.2) is 4.98 Å². The third-order valence-corrected chi connectivity index (χ3v) is 3.03. The van der Waals surface area contributed by atoms with Gasteiger partial charge in [-0.3, -0.25) is 9.89 Å². The Bertz CT molecular complexity index is 361. The van der Waals surface area contributed by atoms with Crippen molar-refractivity contribution >= 4 is 5.97 Å². The Hall–Kier alpha value is -1.39. The average molecular weight is 209 g/mol. The summed E-state index contributed by atoms with van der Waals surface area (Å²) in [5.41, 5.74) is 0. The molecule has 0 aromatic carbocycles. The molecule has 2 N–H and O–H groups in total. The van der Waals surface area contributed by atoms with Gasteiger partial charge in [0.15, 0.2) is 5.82 Å².